The molecule has 5 aliphatic rings. The van der Waals surface area contributed by atoms with Crippen LogP contribution in [-0.2, 0) is 20.4 Å². The van der Waals surface area contributed by atoms with Gasteiger partial charge in [0.15, 0.2) is 0 Å². The standard InChI is InChI=1S/C28H20F6N2O2/c29-27(30,31)22(37)35-10-14-9-19-21-20(14)24(11-35)15-5-1-3-7-17(15)25(18-8-4-2-6-16(18)24)12-36(13-26(19,21)25)23(38)28(32,33)34/h1-9,19-21H,10-13H2. The van der Waals surface area contributed by atoms with Crippen LogP contribution in [0.15, 0.2) is 60.2 Å². The van der Waals surface area contributed by atoms with E-state index in [9.17, 15) is 35.9 Å². The van der Waals surface area contributed by atoms with Crippen molar-refractivity contribution >= 4 is 11.8 Å². The van der Waals surface area contributed by atoms with Crippen molar-refractivity contribution in [2.45, 2.75) is 23.2 Å². The predicted octanol–water partition coefficient (Wildman–Crippen LogP) is 4.18. The van der Waals surface area contributed by atoms with Gasteiger partial charge >= 0.3 is 24.2 Å². The fraction of sp³-hybridized carbons (Fsp3) is 0.429. The van der Waals surface area contributed by atoms with Gasteiger partial charge in [-0.05, 0) is 39.7 Å². The first-order valence-corrected chi connectivity index (χ1v) is 12.5. The molecule has 0 bridgehead atoms. The smallest absolute Gasteiger partial charge is 0.333 e. The van der Waals surface area contributed by atoms with Gasteiger partial charge in [-0.25, -0.2) is 0 Å². The van der Waals surface area contributed by atoms with Gasteiger partial charge in [0.05, 0.1) is 0 Å². The van der Waals surface area contributed by atoms with E-state index in [2.05, 4.69) is 0 Å². The van der Waals surface area contributed by atoms with E-state index in [1.165, 1.54) is 0 Å². The van der Waals surface area contributed by atoms with E-state index in [1.807, 2.05) is 30.3 Å². The van der Waals surface area contributed by atoms with Gasteiger partial charge in [-0.1, -0.05) is 54.6 Å². The van der Waals surface area contributed by atoms with Crippen LogP contribution in [0.1, 0.15) is 22.3 Å². The summed E-state index contributed by atoms with van der Waals surface area (Å²) in [6, 6.07) is 14.6. The fourth-order valence-electron chi connectivity index (χ4n) is 9.59. The lowest BCUT2D eigenvalue weighted by Gasteiger charge is -2.54. The summed E-state index contributed by atoms with van der Waals surface area (Å²) in [6.45, 7) is -0.535. The number of rotatable bonds is 0. The minimum Gasteiger partial charge on any atom is -0.333 e. The van der Waals surface area contributed by atoms with Gasteiger partial charge < -0.3 is 9.80 Å². The van der Waals surface area contributed by atoms with Crippen LogP contribution in [0.2, 0.25) is 0 Å². The molecule has 1 saturated carbocycles. The Labute approximate surface area is 212 Å². The molecule has 4 unspecified atom stereocenters. The molecule has 2 saturated heterocycles. The normalized spacial score (nSPS) is 37.1. The quantitative estimate of drug-likeness (QED) is 0.291. The molecular weight excluding hydrogens is 510 g/mol. The van der Waals surface area contributed by atoms with Crippen LogP contribution >= 0.6 is 0 Å². The number of halogens is 6. The average Bonchev–Trinajstić information content (AvgIpc) is 3.16. The summed E-state index contributed by atoms with van der Waals surface area (Å²) in [7, 11) is 0. The second-order valence-corrected chi connectivity index (χ2v) is 11.6. The van der Waals surface area contributed by atoms with E-state index in [-0.39, 0.29) is 43.9 Å². The van der Waals surface area contributed by atoms with Crippen molar-refractivity contribution in [3.63, 3.8) is 0 Å². The maximum absolute atomic E-state index is 13.7. The van der Waals surface area contributed by atoms with E-state index in [4.69, 9.17) is 0 Å². The molecule has 38 heavy (non-hydrogen) atoms. The first-order valence-electron chi connectivity index (χ1n) is 12.5. The molecule has 0 aromatic heterocycles. The second-order valence-electron chi connectivity index (χ2n) is 11.6. The summed E-state index contributed by atoms with van der Waals surface area (Å²) in [5, 5.41) is 0. The number of carbonyl (C=O) groups is 2. The maximum atomic E-state index is 13.7. The summed E-state index contributed by atoms with van der Waals surface area (Å²) >= 11 is 0. The minimum absolute atomic E-state index is 0.0646. The van der Waals surface area contributed by atoms with Gasteiger partial charge in [-0.2, -0.15) is 26.3 Å². The van der Waals surface area contributed by atoms with Gasteiger partial charge in [0.25, 0.3) is 0 Å². The van der Waals surface area contributed by atoms with E-state index in [0.717, 1.165) is 37.6 Å². The molecule has 2 aromatic carbocycles. The van der Waals surface area contributed by atoms with E-state index in [0.29, 0.717) is 0 Å². The zero-order chi connectivity index (χ0) is 26.6. The molecule has 3 spiro atoms. The van der Waals surface area contributed by atoms with Crippen LogP contribution in [0.25, 0.3) is 0 Å². The SMILES string of the molecule is O=C(N1CC2=CC3C4C2C2(C1)c1ccccc1C1(CN(C(=O)C(F)(F)F)CC341)c1ccccc12)C(F)(F)F. The number of allylic oxidation sites excluding steroid dienone is 1. The van der Waals surface area contributed by atoms with Gasteiger partial charge in [0, 0.05) is 48.3 Å². The third-order valence-electron chi connectivity index (χ3n) is 10.4. The molecule has 0 radical (unpaired) electrons. The number of benzene rings is 2. The second kappa shape index (κ2) is 6.29. The highest BCUT2D eigenvalue weighted by Crippen LogP contribution is 2.85. The number of hydrogen-bond acceptors (Lipinski definition) is 2. The van der Waals surface area contributed by atoms with Gasteiger partial charge in [-0.3, -0.25) is 9.59 Å². The zero-order valence-electron chi connectivity index (χ0n) is 19.7. The van der Waals surface area contributed by atoms with Crippen LogP contribution in [-0.4, -0.2) is 60.1 Å². The van der Waals surface area contributed by atoms with Crippen LogP contribution < -0.4 is 0 Å². The Balaban J connectivity index is 1.44. The van der Waals surface area contributed by atoms with Crippen molar-refractivity contribution in [3.8, 4) is 0 Å². The Hall–Kier alpha value is -3.30. The topological polar surface area (TPSA) is 40.6 Å². The van der Waals surface area contributed by atoms with Crippen molar-refractivity contribution in [1.29, 1.82) is 0 Å². The number of carbonyl (C=O) groups excluding carboxylic acids is 2. The molecule has 0 N–H and O–H groups in total. The van der Waals surface area contributed by atoms with Crippen LogP contribution in [0, 0.1) is 23.2 Å². The lowest BCUT2D eigenvalue weighted by atomic mass is 9.53. The number of nitrogens with zero attached hydrogens (tertiary/aromatic N) is 2. The van der Waals surface area contributed by atoms with Gasteiger partial charge in [0.2, 0.25) is 0 Å². The molecule has 3 aliphatic carbocycles. The zero-order valence-corrected chi connectivity index (χ0v) is 19.7. The maximum Gasteiger partial charge on any atom is 0.471 e. The largest absolute Gasteiger partial charge is 0.471 e. The fourth-order valence-corrected chi connectivity index (χ4v) is 9.59. The molecule has 4 atom stereocenters. The third kappa shape index (κ3) is 2.18. The third-order valence-corrected chi connectivity index (χ3v) is 10.4. The Morgan fingerprint density at radius 2 is 1.26 bits per heavy atom. The van der Waals surface area contributed by atoms with Crippen molar-refractivity contribution in [2.24, 2.45) is 23.2 Å². The molecule has 4 nitrogen and oxygen atoms in total. The van der Waals surface area contributed by atoms with E-state index in [1.54, 1.807) is 24.3 Å². The van der Waals surface area contributed by atoms with Gasteiger partial charge in [0.1, 0.15) is 0 Å². The molecule has 2 aliphatic heterocycles. The molecule has 3 fully saturated rings. The molecule has 10 heteroatoms. The number of likely N-dealkylation sites (tertiary alicyclic amines) is 2. The van der Waals surface area contributed by atoms with Crippen molar-refractivity contribution < 1.29 is 35.9 Å². The van der Waals surface area contributed by atoms with E-state index < -0.39 is 40.4 Å². The summed E-state index contributed by atoms with van der Waals surface area (Å²) in [5.41, 5.74) is 1.19. The predicted molar refractivity (Wildman–Crippen MR) is 121 cm³/mol. The molecule has 2 heterocycles. The molecule has 2 aromatic rings. The van der Waals surface area contributed by atoms with Crippen LogP contribution in [0.4, 0.5) is 26.3 Å². The van der Waals surface area contributed by atoms with Gasteiger partial charge in [-0.15, -0.1) is 0 Å². The number of amides is 2. The number of piperidine rings is 1. The number of alkyl halides is 6. The van der Waals surface area contributed by atoms with Crippen molar-refractivity contribution in [3.05, 3.63) is 82.4 Å². The molecule has 2 amide bonds. The van der Waals surface area contributed by atoms with E-state index >= 15 is 0 Å². The molecular formula is C28H20F6N2O2. The number of fused-ring (bicyclic) bond motifs is 13. The summed E-state index contributed by atoms with van der Waals surface area (Å²) in [5.74, 6) is -4.33. The minimum atomic E-state index is -5.03. The summed E-state index contributed by atoms with van der Waals surface area (Å²) in [4.78, 5) is 27.0. The Morgan fingerprint density at radius 3 is 1.82 bits per heavy atom. The highest BCUT2D eigenvalue weighted by molar-refractivity contribution is 5.85. The Kier molecular flexibility index (Phi) is 3.75. The highest BCUT2D eigenvalue weighted by atomic mass is 19.4. The Morgan fingerprint density at radius 1 is 0.737 bits per heavy atom. The molecule has 7 rings (SSSR count). The lowest BCUT2D eigenvalue weighted by molar-refractivity contribution is -0.187. The highest BCUT2D eigenvalue weighted by Gasteiger charge is 2.87. The lowest BCUT2D eigenvalue weighted by Crippen LogP contribution is -2.59. The first-order chi connectivity index (χ1) is 17.9. The summed E-state index contributed by atoms with van der Waals surface area (Å²) < 4.78 is 82.1. The van der Waals surface area contributed by atoms with Crippen molar-refractivity contribution in [2.75, 3.05) is 26.2 Å². The number of hydrogen-bond donors (Lipinski definition) is 0. The van der Waals surface area contributed by atoms with Crippen molar-refractivity contribution in [1.82, 2.24) is 9.80 Å². The average molecular weight is 530 g/mol. The molecule has 196 valence electrons. The van der Waals surface area contributed by atoms with Crippen LogP contribution in [0.5, 0.6) is 0 Å². The monoisotopic (exact) mass is 530 g/mol. The Bertz CT molecular complexity index is 1460. The summed E-state index contributed by atoms with van der Waals surface area (Å²) in [6.07, 6.45) is -8.11. The first kappa shape index (κ1) is 22.7. The van der Waals surface area contributed by atoms with Crippen LogP contribution in [0.3, 0.4) is 0 Å².